The van der Waals surface area contributed by atoms with Crippen molar-refractivity contribution in [2.75, 3.05) is 24.4 Å². The average molecular weight is 710 g/mol. The standard InChI is InChI=1S/C39H40ClN5O4S/c1-7-48-32-15-11-10-14-31(32)42-37(46)35-26(5)41-38-43-39(50-22-28-12-8-9-13-30(28)40)44-45(38)36(35)27-16-17-33(34(20-27)47-6)49-21-29-19-24(3)23(2)18-25(29)4/h8-20,36H,7,21-22H2,1-6H3,(H,42,46)(H,41,43,44). The van der Waals surface area contributed by atoms with Gasteiger partial charge in [-0.05, 0) is 98.3 Å². The summed E-state index contributed by atoms with van der Waals surface area (Å²) in [6, 6.07) is 24.5. The second kappa shape index (κ2) is 15.3. The van der Waals surface area contributed by atoms with Crippen molar-refractivity contribution in [2.45, 2.75) is 58.2 Å². The zero-order chi connectivity index (χ0) is 35.4. The molecule has 1 aliphatic rings. The van der Waals surface area contributed by atoms with Gasteiger partial charge in [-0.15, -0.1) is 5.10 Å². The molecule has 1 atom stereocenters. The lowest BCUT2D eigenvalue weighted by molar-refractivity contribution is -0.113. The van der Waals surface area contributed by atoms with Crippen molar-refractivity contribution in [1.29, 1.82) is 0 Å². The first-order chi connectivity index (χ1) is 24.2. The minimum Gasteiger partial charge on any atom is -0.493 e. The Bertz CT molecular complexity index is 2080. The lowest BCUT2D eigenvalue weighted by Gasteiger charge is -2.29. The maximum absolute atomic E-state index is 14.2. The second-order valence-corrected chi connectivity index (χ2v) is 13.4. The number of nitrogens with one attached hydrogen (secondary N) is 2. The van der Waals surface area contributed by atoms with Gasteiger partial charge in [-0.3, -0.25) is 4.79 Å². The van der Waals surface area contributed by atoms with E-state index in [2.05, 4.69) is 43.5 Å². The normalized spacial score (nSPS) is 13.8. The Morgan fingerprint density at radius 3 is 2.44 bits per heavy atom. The Hall–Kier alpha value is -4.93. The number of anilines is 2. The largest absolute Gasteiger partial charge is 0.493 e. The zero-order valence-corrected chi connectivity index (χ0v) is 30.5. The van der Waals surface area contributed by atoms with Gasteiger partial charge in [0.15, 0.2) is 11.5 Å². The molecule has 0 fully saturated rings. The molecule has 2 heterocycles. The van der Waals surface area contributed by atoms with Crippen LogP contribution in [0.15, 0.2) is 95.3 Å². The third-order valence-electron chi connectivity index (χ3n) is 8.67. The number of allylic oxidation sites excluding steroid dienone is 1. The molecule has 0 aliphatic carbocycles. The Morgan fingerprint density at radius 2 is 1.66 bits per heavy atom. The van der Waals surface area contributed by atoms with E-state index in [9.17, 15) is 4.79 Å². The van der Waals surface area contributed by atoms with Crippen molar-refractivity contribution in [1.82, 2.24) is 14.8 Å². The summed E-state index contributed by atoms with van der Waals surface area (Å²) in [5.41, 5.74) is 8.18. The highest BCUT2D eigenvalue weighted by Crippen LogP contribution is 2.41. The minimum atomic E-state index is -0.641. The lowest BCUT2D eigenvalue weighted by Crippen LogP contribution is -2.31. The predicted molar refractivity (Wildman–Crippen MR) is 200 cm³/mol. The maximum Gasteiger partial charge on any atom is 0.255 e. The third-order valence-corrected chi connectivity index (χ3v) is 9.92. The molecule has 0 bridgehead atoms. The molecular formula is C39H40ClN5O4S. The molecule has 1 aliphatic heterocycles. The molecule has 1 aromatic heterocycles. The van der Waals surface area contributed by atoms with Crippen molar-refractivity contribution in [2.24, 2.45) is 0 Å². The monoisotopic (exact) mass is 709 g/mol. The SMILES string of the molecule is CCOc1ccccc1NC(=O)C1=C(C)Nc2nc(SCc3ccccc3Cl)nn2C1c1ccc(OCc2cc(C)c(C)cc2C)c(OC)c1. The Labute approximate surface area is 302 Å². The number of aryl methyl sites for hydroxylation is 3. The second-order valence-electron chi connectivity index (χ2n) is 12.1. The third kappa shape index (κ3) is 7.46. The topological polar surface area (TPSA) is 99.5 Å². The van der Waals surface area contributed by atoms with Gasteiger partial charge in [0.05, 0.1) is 25.0 Å². The van der Waals surface area contributed by atoms with Crippen LogP contribution in [0.4, 0.5) is 11.6 Å². The molecule has 9 nitrogen and oxygen atoms in total. The summed E-state index contributed by atoms with van der Waals surface area (Å²) in [4.78, 5) is 19.0. The molecular weight excluding hydrogens is 670 g/mol. The molecule has 1 amide bonds. The molecule has 6 rings (SSSR count). The van der Waals surface area contributed by atoms with E-state index in [0.717, 1.165) is 16.7 Å². The van der Waals surface area contributed by atoms with E-state index in [1.54, 1.807) is 11.8 Å². The van der Waals surface area contributed by atoms with Gasteiger partial charge in [0.25, 0.3) is 5.91 Å². The number of rotatable bonds is 12. The summed E-state index contributed by atoms with van der Waals surface area (Å²) < 4.78 is 19.7. The summed E-state index contributed by atoms with van der Waals surface area (Å²) in [5, 5.41) is 12.5. The summed E-state index contributed by atoms with van der Waals surface area (Å²) in [6.07, 6.45) is 0. The molecule has 11 heteroatoms. The van der Waals surface area contributed by atoms with E-state index >= 15 is 0 Å². The molecule has 5 aromatic rings. The fourth-order valence-corrected chi connectivity index (χ4v) is 7.01. The maximum atomic E-state index is 14.2. The van der Waals surface area contributed by atoms with E-state index in [4.69, 9.17) is 35.9 Å². The highest BCUT2D eigenvalue weighted by atomic mass is 35.5. The van der Waals surface area contributed by atoms with Gasteiger partial charge in [0.1, 0.15) is 18.4 Å². The fourth-order valence-electron chi connectivity index (χ4n) is 5.90. The molecule has 1 unspecified atom stereocenters. The first-order valence-corrected chi connectivity index (χ1v) is 17.7. The summed E-state index contributed by atoms with van der Waals surface area (Å²) >= 11 is 7.90. The van der Waals surface area contributed by atoms with Gasteiger partial charge in [-0.2, -0.15) is 4.98 Å². The number of para-hydroxylation sites is 2. The predicted octanol–water partition coefficient (Wildman–Crippen LogP) is 9.06. The van der Waals surface area contributed by atoms with Gasteiger partial charge in [-0.1, -0.05) is 71.9 Å². The van der Waals surface area contributed by atoms with E-state index in [1.807, 2.05) is 80.6 Å². The summed E-state index contributed by atoms with van der Waals surface area (Å²) in [6.45, 7) is 10.9. The highest BCUT2D eigenvalue weighted by molar-refractivity contribution is 7.98. The van der Waals surface area contributed by atoms with Gasteiger partial charge in [0.2, 0.25) is 11.1 Å². The van der Waals surface area contributed by atoms with Crippen LogP contribution in [0.5, 0.6) is 17.2 Å². The molecule has 258 valence electrons. The average Bonchev–Trinajstić information content (AvgIpc) is 3.51. The van der Waals surface area contributed by atoms with Crippen LogP contribution in [-0.2, 0) is 17.2 Å². The molecule has 0 saturated carbocycles. The number of aromatic nitrogens is 3. The van der Waals surface area contributed by atoms with Crippen LogP contribution in [0.25, 0.3) is 0 Å². The number of methoxy groups -OCH3 is 1. The number of hydrogen-bond acceptors (Lipinski definition) is 8. The quantitative estimate of drug-likeness (QED) is 0.124. The van der Waals surface area contributed by atoms with E-state index < -0.39 is 6.04 Å². The van der Waals surface area contributed by atoms with Crippen molar-refractivity contribution in [3.63, 3.8) is 0 Å². The Morgan fingerprint density at radius 1 is 0.900 bits per heavy atom. The molecule has 0 saturated heterocycles. The first-order valence-electron chi connectivity index (χ1n) is 16.4. The van der Waals surface area contributed by atoms with E-state index in [-0.39, 0.29) is 5.91 Å². The van der Waals surface area contributed by atoms with Crippen LogP contribution >= 0.6 is 23.4 Å². The Kier molecular flexibility index (Phi) is 10.7. The summed E-state index contributed by atoms with van der Waals surface area (Å²) in [5.74, 6) is 2.52. The number of halogens is 1. The zero-order valence-electron chi connectivity index (χ0n) is 29.0. The molecule has 50 heavy (non-hydrogen) atoms. The van der Waals surface area contributed by atoms with Crippen LogP contribution in [0.2, 0.25) is 5.02 Å². The van der Waals surface area contributed by atoms with Gasteiger partial charge >= 0.3 is 0 Å². The number of fused-ring (bicyclic) bond motifs is 1. The van der Waals surface area contributed by atoms with E-state index in [0.29, 0.717) is 69.3 Å². The molecule has 0 radical (unpaired) electrons. The van der Waals surface area contributed by atoms with Crippen LogP contribution < -0.4 is 24.8 Å². The minimum absolute atomic E-state index is 0.303. The van der Waals surface area contributed by atoms with Gasteiger partial charge in [0, 0.05) is 16.5 Å². The van der Waals surface area contributed by atoms with Crippen molar-refractivity contribution >= 4 is 40.9 Å². The number of nitrogens with zero attached hydrogens (tertiary/aromatic N) is 3. The number of carbonyl (C=O) groups is 1. The lowest BCUT2D eigenvalue weighted by atomic mass is 9.94. The smallest absolute Gasteiger partial charge is 0.255 e. The number of ether oxygens (including phenoxy) is 3. The first kappa shape index (κ1) is 34.9. The van der Waals surface area contributed by atoms with Crippen LogP contribution in [0.3, 0.4) is 0 Å². The van der Waals surface area contributed by atoms with Crippen LogP contribution in [0, 0.1) is 20.8 Å². The number of benzene rings is 4. The number of hydrogen-bond donors (Lipinski definition) is 2. The van der Waals surface area contributed by atoms with Gasteiger partial charge in [-0.25, -0.2) is 4.68 Å². The van der Waals surface area contributed by atoms with Crippen LogP contribution in [0.1, 0.15) is 53.3 Å². The van der Waals surface area contributed by atoms with Crippen molar-refractivity contribution in [3.8, 4) is 17.2 Å². The number of carbonyl (C=O) groups excluding carboxylic acids is 1. The number of amides is 1. The van der Waals surface area contributed by atoms with Crippen LogP contribution in [-0.4, -0.2) is 34.4 Å². The molecule has 0 spiro atoms. The summed E-state index contributed by atoms with van der Waals surface area (Å²) in [7, 11) is 1.61. The van der Waals surface area contributed by atoms with Crippen molar-refractivity contribution < 1.29 is 19.0 Å². The fraction of sp³-hybridized carbons (Fsp3) is 0.256. The number of thioether (sulfide) groups is 1. The molecule has 2 N–H and O–H groups in total. The van der Waals surface area contributed by atoms with Crippen molar-refractivity contribution in [3.05, 3.63) is 129 Å². The Balaban J connectivity index is 1.36. The van der Waals surface area contributed by atoms with Gasteiger partial charge < -0.3 is 24.8 Å². The molecule has 4 aromatic carbocycles. The highest BCUT2D eigenvalue weighted by Gasteiger charge is 2.35. The van der Waals surface area contributed by atoms with E-state index in [1.165, 1.54) is 28.5 Å².